The first-order chi connectivity index (χ1) is 14.6. The largest absolute Gasteiger partial charge is 0.362 e. The number of aromatic nitrogens is 6. The Balaban J connectivity index is 1.68. The van der Waals surface area contributed by atoms with E-state index in [0.29, 0.717) is 11.5 Å². The van der Waals surface area contributed by atoms with Crippen molar-refractivity contribution in [3.8, 4) is 11.3 Å². The van der Waals surface area contributed by atoms with Gasteiger partial charge in [-0.25, -0.2) is 19.9 Å². The Labute approximate surface area is 173 Å². The van der Waals surface area contributed by atoms with Gasteiger partial charge in [-0.3, -0.25) is 4.98 Å². The van der Waals surface area contributed by atoms with Gasteiger partial charge < -0.3 is 10.3 Å². The fourth-order valence-corrected chi connectivity index (χ4v) is 3.80. The molecule has 0 aliphatic carbocycles. The lowest BCUT2D eigenvalue weighted by Crippen LogP contribution is -2.11. The van der Waals surface area contributed by atoms with Crippen LogP contribution in [0, 0.1) is 13.8 Å². The molecule has 1 atom stereocenters. The summed E-state index contributed by atoms with van der Waals surface area (Å²) >= 11 is 0. The van der Waals surface area contributed by atoms with Crippen molar-refractivity contribution < 1.29 is 0 Å². The highest BCUT2D eigenvalue weighted by molar-refractivity contribution is 5.87. The van der Waals surface area contributed by atoms with E-state index in [9.17, 15) is 0 Å². The normalized spacial score (nSPS) is 12.4. The first kappa shape index (κ1) is 18.2. The van der Waals surface area contributed by atoms with Gasteiger partial charge in [-0.05, 0) is 44.5 Å². The maximum Gasteiger partial charge on any atom is 0.182 e. The first-order valence-electron chi connectivity index (χ1n) is 9.84. The van der Waals surface area contributed by atoms with Gasteiger partial charge in [-0.2, -0.15) is 0 Å². The summed E-state index contributed by atoms with van der Waals surface area (Å²) in [6.07, 6.45) is 4.95. The molecule has 0 saturated carbocycles. The zero-order chi connectivity index (χ0) is 20.7. The van der Waals surface area contributed by atoms with E-state index in [2.05, 4.69) is 74.4 Å². The van der Waals surface area contributed by atoms with Crippen molar-refractivity contribution in [3.05, 3.63) is 72.1 Å². The number of H-pyrrole nitrogens is 1. The van der Waals surface area contributed by atoms with E-state index in [0.717, 1.165) is 44.5 Å². The second kappa shape index (κ2) is 7.18. The molecule has 0 saturated heterocycles. The molecule has 1 unspecified atom stereocenters. The molecule has 4 heterocycles. The molecule has 0 aliphatic heterocycles. The van der Waals surface area contributed by atoms with Crippen LogP contribution in [0.5, 0.6) is 0 Å². The SMILES string of the molecule is Cc1ncccc1-c1nc2c(C)cccc2cc1C(C)Nc1ncnc2nc[nH]c12. The highest BCUT2D eigenvalue weighted by Crippen LogP contribution is 2.33. The van der Waals surface area contributed by atoms with Crippen LogP contribution < -0.4 is 5.32 Å². The summed E-state index contributed by atoms with van der Waals surface area (Å²) in [4.78, 5) is 25.5. The Morgan fingerprint density at radius 3 is 2.77 bits per heavy atom. The molecule has 5 aromatic rings. The van der Waals surface area contributed by atoms with Crippen molar-refractivity contribution in [2.45, 2.75) is 26.8 Å². The van der Waals surface area contributed by atoms with Crippen LogP contribution in [0.15, 0.2) is 55.2 Å². The molecular weight excluding hydrogens is 374 g/mol. The summed E-state index contributed by atoms with van der Waals surface area (Å²) < 4.78 is 0. The molecule has 0 aliphatic rings. The molecule has 0 radical (unpaired) electrons. The summed E-state index contributed by atoms with van der Waals surface area (Å²) in [7, 11) is 0. The van der Waals surface area contributed by atoms with Crippen molar-refractivity contribution in [1.82, 2.24) is 29.9 Å². The van der Waals surface area contributed by atoms with Crippen LogP contribution in [0.3, 0.4) is 0 Å². The minimum Gasteiger partial charge on any atom is -0.362 e. The molecule has 1 aromatic carbocycles. The molecule has 0 spiro atoms. The topological polar surface area (TPSA) is 92.3 Å². The zero-order valence-corrected chi connectivity index (χ0v) is 17.0. The van der Waals surface area contributed by atoms with Crippen molar-refractivity contribution in [2.24, 2.45) is 0 Å². The van der Waals surface area contributed by atoms with Crippen molar-refractivity contribution >= 4 is 27.9 Å². The summed E-state index contributed by atoms with van der Waals surface area (Å²) in [5, 5.41) is 4.62. The standard InChI is InChI=1S/C23H21N7/c1-13-6-4-7-16-10-18(20(30-19(13)16)17-8-5-9-24-14(17)2)15(3)29-23-21-22(26-11-25-21)27-12-28-23/h4-12,15H,1-3H3,(H2,25,26,27,28,29). The number of fused-ring (bicyclic) bond motifs is 2. The van der Waals surface area contributed by atoms with Crippen LogP contribution in [-0.4, -0.2) is 29.9 Å². The van der Waals surface area contributed by atoms with Gasteiger partial charge in [0.15, 0.2) is 11.5 Å². The Hall–Kier alpha value is -3.87. The highest BCUT2D eigenvalue weighted by Gasteiger charge is 2.19. The number of imidazole rings is 1. The average molecular weight is 395 g/mol. The van der Waals surface area contributed by atoms with Gasteiger partial charge in [-0.15, -0.1) is 0 Å². The van der Waals surface area contributed by atoms with Crippen LogP contribution in [-0.2, 0) is 0 Å². The molecule has 5 rings (SSSR count). The lowest BCUT2D eigenvalue weighted by molar-refractivity contribution is 0.872. The second-order valence-corrected chi connectivity index (χ2v) is 7.40. The van der Waals surface area contributed by atoms with Gasteiger partial charge in [-0.1, -0.05) is 18.2 Å². The smallest absolute Gasteiger partial charge is 0.182 e. The third-order valence-corrected chi connectivity index (χ3v) is 5.38. The third-order valence-electron chi connectivity index (χ3n) is 5.38. The molecule has 7 heteroatoms. The van der Waals surface area contributed by atoms with Crippen molar-refractivity contribution in [3.63, 3.8) is 0 Å². The number of hydrogen-bond donors (Lipinski definition) is 2. The molecule has 2 N–H and O–H groups in total. The first-order valence-corrected chi connectivity index (χ1v) is 9.84. The number of benzene rings is 1. The van der Waals surface area contributed by atoms with Crippen LogP contribution in [0.1, 0.15) is 29.8 Å². The number of para-hydroxylation sites is 1. The van der Waals surface area contributed by atoms with Gasteiger partial charge in [0, 0.05) is 28.4 Å². The fraction of sp³-hybridized carbons (Fsp3) is 0.174. The molecule has 0 amide bonds. The molecule has 30 heavy (non-hydrogen) atoms. The predicted molar refractivity (Wildman–Crippen MR) is 118 cm³/mol. The Bertz CT molecular complexity index is 1370. The van der Waals surface area contributed by atoms with Crippen LogP contribution >= 0.6 is 0 Å². The highest BCUT2D eigenvalue weighted by atomic mass is 15.1. The van der Waals surface area contributed by atoms with Crippen molar-refractivity contribution in [2.75, 3.05) is 5.32 Å². The maximum absolute atomic E-state index is 5.09. The monoisotopic (exact) mass is 395 g/mol. The number of aryl methyl sites for hydroxylation is 2. The number of hydrogen-bond acceptors (Lipinski definition) is 6. The minimum atomic E-state index is -0.0570. The van der Waals surface area contributed by atoms with E-state index in [1.165, 1.54) is 6.33 Å². The summed E-state index contributed by atoms with van der Waals surface area (Å²) in [5.41, 5.74) is 7.56. The van der Waals surface area contributed by atoms with E-state index in [1.807, 2.05) is 19.2 Å². The Morgan fingerprint density at radius 2 is 1.90 bits per heavy atom. The van der Waals surface area contributed by atoms with E-state index >= 15 is 0 Å². The number of nitrogens with one attached hydrogen (secondary N) is 2. The van der Waals surface area contributed by atoms with E-state index in [4.69, 9.17) is 4.98 Å². The Morgan fingerprint density at radius 1 is 1.00 bits per heavy atom. The fourth-order valence-electron chi connectivity index (χ4n) is 3.80. The van der Waals surface area contributed by atoms with Crippen LogP contribution in [0.2, 0.25) is 0 Å². The van der Waals surface area contributed by atoms with Gasteiger partial charge in [0.05, 0.1) is 23.6 Å². The predicted octanol–water partition coefficient (Wildman–Crippen LogP) is 4.75. The minimum absolute atomic E-state index is 0.0570. The average Bonchev–Trinajstić information content (AvgIpc) is 3.24. The second-order valence-electron chi connectivity index (χ2n) is 7.40. The number of pyridine rings is 2. The van der Waals surface area contributed by atoms with E-state index < -0.39 is 0 Å². The molecule has 0 bridgehead atoms. The van der Waals surface area contributed by atoms with Crippen LogP contribution in [0.4, 0.5) is 5.82 Å². The molecule has 148 valence electrons. The lowest BCUT2D eigenvalue weighted by atomic mass is 9.97. The van der Waals surface area contributed by atoms with Crippen molar-refractivity contribution in [1.29, 1.82) is 0 Å². The zero-order valence-electron chi connectivity index (χ0n) is 17.0. The third kappa shape index (κ3) is 3.04. The number of anilines is 1. The van der Waals surface area contributed by atoms with Gasteiger partial charge >= 0.3 is 0 Å². The lowest BCUT2D eigenvalue weighted by Gasteiger charge is -2.20. The summed E-state index contributed by atoms with van der Waals surface area (Å²) in [6.45, 7) is 6.21. The van der Waals surface area contributed by atoms with Crippen LogP contribution in [0.25, 0.3) is 33.3 Å². The molecule has 7 nitrogen and oxygen atoms in total. The number of aromatic amines is 1. The maximum atomic E-state index is 5.09. The Kier molecular flexibility index (Phi) is 4.35. The van der Waals surface area contributed by atoms with E-state index in [-0.39, 0.29) is 6.04 Å². The van der Waals surface area contributed by atoms with Gasteiger partial charge in [0.2, 0.25) is 0 Å². The molecular formula is C23H21N7. The quantitative estimate of drug-likeness (QED) is 0.456. The summed E-state index contributed by atoms with van der Waals surface area (Å²) in [6, 6.07) is 12.4. The number of nitrogens with zero attached hydrogens (tertiary/aromatic N) is 5. The molecule has 0 fully saturated rings. The van der Waals surface area contributed by atoms with Gasteiger partial charge in [0.1, 0.15) is 11.8 Å². The van der Waals surface area contributed by atoms with E-state index in [1.54, 1.807) is 6.33 Å². The van der Waals surface area contributed by atoms with Gasteiger partial charge in [0.25, 0.3) is 0 Å². The molecule has 4 aromatic heterocycles. The number of rotatable bonds is 4. The summed E-state index contributed by atoms with van der Waals surface area (Å²) in [5.74, 6) is 0.711.